The van der Waals surface area contributed by atoms with E-state index in [1.165, 1.54) is 29.8 Å². The second-order valence-electron chi connectivity index (χ2n) is 6.27. The summed E-state index contributed by atoms with van der Waals surface area (Å²) in [6.07, 6.45) is 3.57. The minimum Gasteiger partial charge on any atom is -0.397 e. The average molecular weight is 308 g/mol. The number of carbonyl (C=O) groups excluding carboxylic acids is 1. The third-order valence-corrected chi connectivity index (χ3v) is 5.84. The lowest BCUT2D eigenvalue weighted by atomic mass is 10.1. The molecule has 1 unspecified atom stereocenters. The van der Waals surface area contributed by atoms with E-state index in [2.05, 4.69) is 29.2 Å². The largest absolute Gasteiger partial charge is 0.397 e. The van der Waals surface area contributed by atoms with Gasteiger partial charge in [-0.15, -0.1) is 11.3 Å². The first-order chi connectivity index (χ1) is 10.0. The highest BCUT2D eigenvalue weighted by Crippen LogP contribution is 2.52. The first-order valence-corrected chi connectivity index (χ1v) is 8.40. The third-order valence-electron chi connectivity index (χ3n) is 4.56. The molecule has 0 spiro atoms. The number of thiophene rings is 1. The van der Waals surface area contributed by atoms with Crippen LogP contribution in [0.2, 0.25) is 0 Å². The second kappa shape index (κ2) is 5.50. The number of nitrogens with one attached hydrogen (secondary N) is 1. The summed E-state index contributed by atoms with van der Waals surface area (Å²) in [5, 5.41) is 3.94. The quantitative estimate of drug-likeness (QED) is 0.889. The Morgan fingerprint density at radius 2 is 2.10 bits per heavy atom. The first kappa shape index (κ1) is 14.7. The van der Waals surface area contributed by atoms with Gasteiger partial charge in [0.1, 0.15) is 4.88 Å². The molecule has 1 amide bonds. The molecule has 1 aliphatic carbocycles. The highest BCUT2D eigenvalue weighted by Gasteiger charge is 2.36. The molecule has 3 rings (SSSR count). The Bertz CT molecular complexity index is 550. The van der Waals surface area contributed by atoms with Gasteiger partial charge in [-0.05, 0) is 39.3 Å². The fourth-order valence-corrected chi connectivity index (χ4v) is 4.37. The van der Waals surface area contributed by atoms with E-state index in [-0.39, 0.29) is 5.91 Å². The van der Waals surface area contributed by atoms with Gasteiger partial charge in [-0.2, -0.15) is 0 Å². The minimum absolute atomic E-state index is 0.0611. The summed E-state index contributed by atoms with van der Waals surface area (Å²) < 4.78 is 0. The topological polar surface area (TPSA) is 61.6 Å². The molecule has 21 heavy (non-hydrogen) atoms. The van der Waals surface area contributed by atoms with Crippen LogP contribution in [0.25, 0.3) is 0 Å². The van der Waals surface area contributed by atoms with E-state index in [1.54, 1.807) is 18.4 Å². The van der Waals surface area contributed by atoms with Crippen molar-refractivity contribution < 1.29 is 4.79 Å². The van der Waals surface area contributed by atoms with E-state index < -0.39 is 0 Å². The van der Waals surface area contributed by atoms with Crippen LogP contribution in [-0.4, -0.2) is 51.1 Å². The Morgan fingerprint density at radius 3 is 2.62 bits per heavy atom. The van der Waals surface area contributed by atoms with Crippen LogP contribution in [-0.2, 0) is 0 Å². The van der Waals surface area contributed by atoms with Gasteiger partial charge in [0.25, 0.3) is 5.91 Å². The lowest BCUT2D eigenvalue weighted by molar-refractivity contribution is 0.0968. The van der Waals surface area contributed by atoms with E-state index in [1.807, 2.05) is 0 Å². The van der Waals surface area contributed by atoms with Crippen LogP contribution < -0.4 is 16.0 Å². The molecule has 0 bridgehead atoms. The molecule has 2 fully saturated rings. The maximum absolute atomic E-state index is 12.0. The van der Waals surface area contributed by atoms with Crippen LogP contribution in [0, 0.1) is 0 Å². The SMILES string of the molecule is CNC(=O)c1sc(N2CCC(N(C)C)C2)c(C2CC2)c1N. The van der Waals surface area contributed by atoms with Crippen LogP contribution in [0.5, 0.6) is 0 Å². The van der Waals surface area contributed by atoms with Crippen molar-refractivity contribution in [2.24, 2.45) is 0 Å². The summed E-state index contributed by atoms with van der Waals surface area (Å²) in [5.74, 6) is 0.502. The molecule has 1 saturated carbocycles. The predicted octanol–water partition coefficient (Wildman–Crippen LogP) is 1.71. The molecule has 2 aliphatic rings. The van der Waals surface area contributed by atoms with Gasteiger partial charge in [0.2, 0.25) is 0 Å². The number of hydrogen-bond donors (Lipinski definition) is 2. The van der Waals surface area contributed by atoms with Gasteiger partial charge < -0.3 is 20.9 Å². The van der Waals surface area contributed by atoms with Gasteiger partial charge in [-0.25, -0.2) is 0 Å². The summed E-state index contributed by atoms with van der Waals surface area (Å²) in [4.78, 5) is 17.4. The Kier molecular flexibility index (Phi) is 3.84. The first-order valence-electron chi connectivity index (χ1n) is 7.58. The number of rotatable bonds is 4. The Morgan fingerprint density at radius 1 is 1.38 bits per heavy atom. The number of hydrogen-bond acceptors (Lipinski definition) is 5. The van der Waals surface area contributed by atoms with Crippen molar-refractivity contribution in [2.75, 3.05) is 44.9 Å². The molecule has 2 heterocycles. The molecule has 1 atom stereocenters. The molecule has 0 aromatic carbocycles. The maximum atomic E-state index is 12.0. The number of carbonyl (C=O) groups is 1. The van der Waals surface area contributed by atoms with E-state index in [4.69, 9.17) is 5.73 Å². The van der Waals surface area contributed by atoms with E-state index in [0.717, 1.165) is 13.1 Å². The van der Waals surface area contributed by atoms with Crippen molar-refractivity contribution in [3.8, 4) is 0 Å². The number of nitrogens with zero attached hydrogens (tertiary/aromatic N) is 2. The Balaban J connectivity index is 1.93. The second-order valence-corrected chi connectivity index (χ2v) is 7.27. The van der Waals surface area contributed by atoms with Crippen molar-refractivity contribution in [1.82, 2.24) is 10.2 Å². The zero-order chi connectivity index (χ0) is 15.1. The van der Waals surface area contributed by atoms with Gasteiger partial charge in [-0.3, -0.25) is 4.79 Å². The maximum Gasteiger partial charge on any atom is 0.263 e. The fraction of sp³-hybridized carbons (Fsp3) is 0.667. The Hall–Kier alpha value is -1.27. The number of nitrogen functional groups attached to an aromatic ring is 1. The summed E-state index contributed by atoms with van der Waals surface area (Å²) in [7, 11) is 5.93. The van der Waals surface area contributed by atoms with E-state index in [0.29, 0.717) is 22.5 Å². The van der Waals surface area contributed by atoms with Crippen molar-refractivity contribution >= 4 is 27.9 Å². The fourth-order valence-electron chi connectivity index (χ4n) is 3.08. The number of anilines is 2. The van der Waals surface area contributed by atoms with Gasteiger partial charge in [0.15, 0.2) is 0 Å². The van der Waals surface area contributed by atoms with Crippen molar-refractivity contribution in [2.45, 2.75) is 31.2 Å². The van der Waals surface area contributed by atoms with E-state index in [9.17, 15) is 4.79 Å². The molecule has 3 N–H and O–H groups in total. The summed E-state index contributed by atoms with van der Waals surface area (Å²) in [6.45, 7) is 2.08. The molecule has 1 saturated heterocycles. The highest BCUT2D eigenvalue weighted by atomic mass is 32.1. The summed E-state index contributed by atoms with van der Waals surface area (Å²) >= 11 is 1.57. The summed E-state index contributed by atoms with van der Waals surface area (Å²) in [6, 6.07) is 0.587. The third kappa shape index (κ3) is 2.62. The molecule has 5 nitrogen and oxygen atoms in total. The van der Waals surface area contributed by atoms with Crippen LogP contribution in [0.15, 0.2) is 0 Å². The van der Waals surface area contributed by atoms with Crippen LogP contribution in [0.4, 0.5) is 10.7 Å². The normalized spacial score (nSPS) is 22.1. The molecule has 116 valence electrons. The monoisotopic (exact) mass is 308 g/mol. The summed E-state index contributed by atoms with van der Waals surface area (Å²) in [5.41, 5.74) is 8.24. The number of likely N-dealkylation sites (N-methyl/N-ethyl adjacent to an activating group) is 1. The smallest absolute Gasteiger partial charge is 0.263 e. The minimum atomic E-state index is -0.0611. The molecular weight excluding hydrogens is 284 g/mol. The van der Waals surface area contributed by atoms with Gasteiger partial charge >= 0.3 is 0 Å². The number of amides is 1. The lowest BCUT2D eigenvalue weighted by Gasteiger charge is -2.21. The van der Waals surface area contributed by atoms with Crippen molar-refractivity contribution in [3.63, 3.8) is 0 Å². The highest BCUT2D eigenvalue weighted by molar-refractivity contribution is 7.18. The average Bonchev–Trinajstić information content (AvgIpc) is 3.05. The molecule has 1 aliphatic heterocycles. The zero-order valence-electron chi connectivity index (χ0n) is 13.0. The van der Waals surface area contributed by atoms with Crippen molar-refractivity contribution in [1.29, 1.82) is 0 Å². The van der Waals surface area contributed by atoms with Gasteiger partial charge in [-0.1, -0.05) is 0 Å². The molecule has 1 aromatic heterocycles. The van der Waals surface area contributed by atoms with Crippen molar-refractivity contribution in [3.05, 3.63) is 10.4 Å². The lowest BCUT2D eigenvalue weighted by Crippen LogP contribution is -2.31. The molecular formula is C15H24N4OS. The van der Waals surface area contributed by atoms with Gasteiger partial charge in [0.05, 0.1) is 10.7 Å². The van der Waals surface area contributed by atoms with Crippen LogP contribution >= 0.6 is 11.3 Å². The standard InChI is InChI=1S/C15H24N4OS/c1-17-14(20)13-12(16)11(9-4-5-9)15(21-13)19-7-6-10(8-19)18(2)3/h9-10H,4-8,16H2,1-3H3,(H,17,20). The molecule has 0 radical (unpaired) electrons. The zero-order valence-corrected chi connectivity index (χ0v) is 13.8. The van der Waals surface area contributed by atoms with Gasteiger partial charge in [0, 0.05) is 31.7 Å². The number of nitrogens with two attached hydrogens (primary N) is 1. The predicted molar refractivity (Wildman–Crippen MR) is 88.4 cm³/mol. The molecule has 1 aromatic rings. The van der Waals surface area contributed by atoms with Crippen LogP contribution in [0.1, 0.15) is 40.4 Å². The van der Waals surface area contributed by atoms with E-state index >= 15 is 0 Å². The van der Waals surface area contributed by atoms with Crippen LogP contribution in [0.3, 0.4) is 0 Å². The Labute approximate surface area is 130 Å². The molecule has 6 heteroatoms.